The second-order valence-corrected chi connectivity index (χ2v) is 7.27. The van der Waals surface area contributed by atoms with Crippen LogP contribution in [0.25, 0.3) is 0 Å². The first kappa shape index (κ1) is 17.8. The van der Waals surface area contributed by atoms with Gasteiger partial charge in [-0.1, -0.05) is 13.0 Å². The monoisotopic (exact) mass is 315 g/mol. The Balaban J connectivity index is 2.90. The lowest BCUT2D eigenvalue weighted by Crippen LogP contribution is -2.19. The third kappa shape index (κ3) is 4.89. The van der Waals surface area contributed by atoms with Crippen LogP contribution in [0.15, 0.2) is 18.2 Å². The molecule has 0 fully saturated rings. The van der Waals surface area contributed by atoms with Gasteiger partial charge in [-0.15, -0.1) is 0 Å². The maximum absolute atomic E-state index is 11.6. The zero-order chi connectivity index (χ0) is 15.9. The van der Waals surface area contributed by atoms with Gasteiger partial charge in [0.1, 0.15) is 21.3 Å². The number of ether oxygens (including phenoxy) is 2. The van der Waals surface area contributed by atoms with Gasteiger partial charge < -0.3 is 14.8 Å². The first-order chi connectivity index (χ1) is 9.99. The molecule has 0 bridgehead atoms. The van der Waals surface area contributed by atoms with E-state index in [0.717, 1.165) is 17.1 Å². The Morgan fingerprint density at radius 2 is 1.76 bits per heavy atom. The molecule has 0 aromatic heterocycles. The van der Waals surface area contributed by atoms with Gasteiger partial charge in [0.2, 0.25) is 0 Å². The Labute approximate surface area is 127 Å². The molecule has 0 heterocycles. The molecule has 0 radical (unpaired) electrons. The number of nitrogens with one attached hydrogen (secondary N) is 1. The molecule has 1 aromatic rings. The fourth-order valence-electron chi connectivity index (χ4n) is 2.31. The number of rotatable bonds is 9. The van der Waals surface area contributed by atoms with Crippen molar-refractivity contribution in [3.8, 4) is 11.5 Å². The summed E-state index contributed by atoms with van der Waals surface area (Å²) in [5, 5.41) is 3.22. The van der Waals surface area contributed by atoms with E-state index in [2.05, 4.69) is 5.32 Å². The van der Waals surface area contributed by atoms with Crippen molar-refractivity contribution in [2.75, 3.05) is 32.8 Å². The molecule has 6 heteroatoms. The van der Waals surface area contributed by atoms with Gasteiger partial charge in [0, 0.05) is 11.8 Å². The smallest absolute Gasteiger partial charge is 0.150 e. The zero-order valence-corrected chi connectivity index (χ0v) is 14.0. The molecule has 120 valence electrons. The van der Waals surface area contributed by atoms with E-state index < -0.39 is 9.84 Å². The quantitative estimate of drug-likeness (QED) is 0.756. The minimum absolute atomic E-state index is 0.0110. The van der Waals surface area contributed by atoms with Crippen LogP contribution in [0.3, 0.4) is 0 Å². The Hall–Kier alpha value is -1.27. The first-order valence-corrected chi connectivity index (χ1v) is 8.89. The molecule has 0 amide bonds. The van der Waals surface area contributed by atoms with E-state index >= 15 is 0 Å². The summed E-state index contributed by atoms with van der Waals surface area (Å²) in [6, 6.07) is 5.62. The van der Waals surface area contributed by atoms with Crippen molar-refractivity contribution in [2.24, 2.45) is 0 Å². The van der Waals surface area contributed by atoms with Gasteiger partial charge in [-0.05, 0) is 32.0 Å². The van der Waals surface area contributed by atoms with E-state index in [4.69, 9.17) is 9.47 Å². The largest absolute Gasteiger partial charge is 0.496 e. The fraction of sp³-hybridized carbons (Fsp3) is 0.600. The number of sulfone groups is 1. The summed E-state index contributed by atoms with van der Waals surface area (Å²) in [5.41, 5.74) is 0.930. The van der Waals surface area contributed by atoms with Crippen molar-refractivity contribution in [2.45, 2.75) is 25.8 Å². The molecule has 1 rings (SSSR count). The normalized spacial score (nSPS) is 13.0. The van der Waals surface area contributed by atoms with E-state index in [1.54, 1.807) is 21.1 Å². The highest BCUT2D eigenvalue weighted by Gasteiger charge is 2.20. The summed E-state index contributed by atoms with van der Waals surface area (Å²) in [5.74, 6) is 1.88. The molecule has 0 aliphatic heterocycles. The van der Waals surface area contributed by atoms with Crippen molar-refractivity contribution in [3.63, 3.8) is 0 Å². The molecule has 0 saturated carbocycles. The minimum atomic E-state index is -2.93. The summed E-state index contributed by atoms with van der Waals surface area (Å²) in [7, 11) is 2.16. The standard InChI is InChI=1S/C15H25NO4S/c1-5-21(17,18)11-7-8-12(16-2)15-13(19-3)9-6-10-14(15)20-4/h6,9-10,12,16H,5,7-8,11H2,1-4H3. The fourth-order valence-corrected chi connectivity index (χ4v) is 3.20. The van der Waals surface area contributed by atoms with E-state index in [-0.39, 0.29) is 17.5 Å². The van der Waals surface area contributed by atoms with Crippen molar-refractivity contribution >= 4 is 9.84 Å². The summed E-state index contributed by atoms with van der Waals surface area (Å²) < 4.78 is 34.0. The highest BCUT2D eigenvalue weighted by Crippen LogP contribution is 2.35. The van der Waals surface area contributed by atoms with E-state index in [9.17, 15) is 8.42 Å². The van der Waals surface area contributed by atoms with E-state index in [0.29, 0.717) is 12.8 Å². The van der Waals surface area contributed by atoms with Gasteiger partial charge in [-0.25, -0.2) is 8.42 Å². The topological polar surface area (TPSA) is 64.6 Å². The molecule has 5 nitrogen and oxygen atoms in total. The summed E-state index contributed by atoms with van der Waals surface area (Å²) >= 11 is 0. The first-order valence-electron chi connectivity index (χ1n) is 7.07. The van der Waals surface area contributed by atoms with Crippen LogP contribution >= 0.6 is 0 Å². The predicted octanol–water partition coefficient (Wildman–Crippen LogP) is 2.18. The molecule has 0 aliphatic rings. The molecule has 21 heavy (non-hydrogen) atoms. The Morgan fingerprint density at radius 3 is 2.19 bits per heavy atom. The maximum Gasteiger partial charge on any atom is 0.150 e. The van der Waals surface area contributed by atoms with Gasteiger partial charge in [-0.3, -0.25) is 0 Å². The van der Waals surface area contributed by atoms with E-state index in [1.807, 2.05) is 25.2 Å². The average molecular weight is 315 g/mol. The number of hydrogen-bond donors (Lipinski definition) is 1. The summed E-state index contributed by atoms with van der Waals surface area (Å²) in [4.78, 5) is 0. The van der Waals surface area contributed by atoms with Crippen LogP contribution in [-0.2, 0) is 9.84 Å². The second-order valence-electron chi connectivity index (χ2n) is 4.80. The number of methoxy groups -OCH3 is 2. The van der Waals surface area contributed by atoms with Crippen LogP contribution in [0.2, 0.25) is 0 Å². The minimum Gasteiger partial charge on any atom is -0.496 e. The Bertz CT molecular complexity index is 520. The molecule has 0 saturated heterocycles. The Kier molecular flexibility index (Phi) is 6.98. The molecule has 1 N–H and O–H groups in total. The zero-order valence-electron chi connectivity index (χ0n) is 13.2. The average Bonchev–Trinajstić information content (AvgIpc) is 2.51. The van der Waals surface area contributed by atoms with Crippen LogP contribution in [0, 0.1) is 0 Å². The number of hydrogen-bond acceptors (Lipinski definition) is 5. The SMILES string of the molecule is CCS(=O)(=O)CCCC(NC)c1c(OC)cccc1OC. The van der Waals surface area contributed by atoms with Crippen molar-refractivity contribution in [1.82, 2.24) is 5.32 Å². The van der Waals surface area contributed by atoms with Crippen LogP contribution in [0.5, 0.6) is 11.5 Å². The lowest BCUT2D eigenvalue weighted by Gasteiger charge is -2.21. The Morgan fingerprint density at radius 1 is 1.19 bits per heavy atom. The lowest BCUT2D eigenvalue weighted by molar-refractivity contribution is 0.369. The van der Waals surface area contributed by atoms with Gasteiger partial charge in [-0.2, -0.15) is 0 Å². The van der Waals surface area contributed by atoms with Gasteiger partial charge >= 0.3 is 0 Å². The summed E-state index contributed by atoms with van der Waals surface area (Å²) in [6.45, 7) is 1.67. The molecule has 1 aromatic carbocycles. The highest BCUT2D eigenvalue weighted by molar-refractivity contribution is 7.91. The second kappa shape index (κ2) is 8.24. The molecule has 1 atom stereocenters. The number of benzene rings is 1. The van der Waals surface area contributed by atoms with Gasteiger partial charge in [0.05, 0.1) is 25.5 Å². The van der Waals surface area contributed by atoms with Gasteiger partial charge in [0.25, 0.3) is 0 Å². The molecule has 1 unspecified atom stereocenters. The van der Waals surface area contributed by atoms with Gasteiger partial charge in [0.15, 0.2) is 0 Å². The van der Waals surface area contributed by atoms with Crippen molar-refractivity contribution in [3.05, 3.63) is 23.8 Å². The van der Waals surface area contributed by atoms with Crippen molar-refractivity contribution in [1.29, 1.82) is 0 Å². The molecular weight excluding hydrogens is 290 g/mol. The third-order valence-electron chi connectivity index (χ3n) is 3.55. The highest BCUT2D eigenvalue weighted by atomic mass is 32.2. The molecular formula is C15H25NO4S. The van der Waals surface area contributed by atoms with E-state index in [1.165, 1.54) is 0 Å². The molecule has 0 aliphatic carbocycles. The molecule has 0 spiro atoms. The lowest BCUT2D eigenvalue weighted by atomic mass is 10.00. The van der Waals surface area contributed by atoms with Crippen LogP contribution < -0.4 is 14.8 Å². The third-order valence-corrected chi connectivity index (χ3v) is 5.34. The van der Waals surface area contributed by atoms with Crippen LogP contribution in [0.1, 0.15) is 31.4 Å². The maximum atomic E-state index is 11.6. The van der Waals surface area contributed by atoms with Crippen molar-refractivity contribution < 1.29 is 17.9 Å². The summed E-state index contributed by atoms with van der Waals surface area (Å²) in [6.07, 6.45) is 1.30. The van der Waals surface area contributed by atoms with Crippen LogP contribution in [0.4, 0.5) is 0 Å². The predicted molar refractivity (Wildman–Crippen MR) is 84.9 cm³/mol. The van der Waals surface area contributed by atoms with Crippen LogP contribution in [-0.4, -0.2) is 41.2 Å².